The lowest BCUT2D eigenvalue weighted by molar-refractivity contribution is 0.157. The predicted molar refractivity (Wildman–Crippen MR) is 87.3 cm³/mol. The van der Waals surface area contributed by atoms with E-state index in [-0.39, 0.29) is 5.41 Å². The number of hydrogen-bond donors (Lipinski definition) is 1. The van der Waals surface area contributed by atoms with Crippen molar-refractivity contribution in [2.24, 2.45) is 0 Å². The van der Waals surface area contributed by atoms with E-state index in [0.29, 0.717) is 12.1 Å². The van der Waals surface area contributed by atoms with Crippen LogP contribution in [0.5, 0.6) is 0 Å². The molecule has 0 amide bonds. The molecule has 0 radical (unpaired) electrons. The van der Waals surface area contributed by atoms with Gasteiger partial charge in [-0.2, -0.15) is 0 Å². The Hall–Kier alpha value is -0.860. The first-order valence-electron chi connectivity index (χ1n) is 7.74. The molecular formula is C18H31NO. The van der Waals surface area contributed by atoms with Crippen molar-refractivity contribution in [1.82, 2.24) is 5.32 Å². The van der Waals surface area contributed by atoms with Crippen LogP contribution in [0.25, 0.3) is 0 Å². The van der Waals surface area contributed by atoms with Crippen molar-refractivity contribution < 1.29 is 4.74 Å². The number of hydrogen-bond acceptors (Lipinski definition) is 2. The van der Waals surface area contributed by atoms with Gasteiger partial charge < -0.3 is 10.1 Å². The van der Waals surface area contributed by atoms with Gasteiger partial charge in [0.1, 0.15) is 0 Å². The van der Waals surface area contributed by atoms with Gasteiger partial charge in [0.25, 0.3) is 0 Å². The molecule has 0 aliphatic rings. The standard InChI is InChI=1S/C18H31NO/c1-7-8-17(13-20-6)19-14(2)15-9-11-16(12-10-15)18(3,4)5/h9-12,14,17,19H,7-8,13H2,1-6H3. The van der Waals surface area contributed by atoms with Crippen LogP contribution in [-0.4, -0.2) is 19.8 Å². The van der Waals surface area contributed by atoms with Gasteiger partial charge in [0.2, 0.25) is 0 Å². The van der Waals surface area contributed by atoms with E-state index in [1.54, 1.807) is 7.11 Å². The zero-order valence-corrected chi connectivity index (χ0v) is 14.0. The summed E-state index contributed by atoms with van der Waals surface area (Å²) in [6, 6.07) is 9.78. The van der Waals surface area contributed by atoms with E-state index in [0.717, 1.165) is 13.0 Å². The second-order valence-corrected chi connectivity index (χ2v) is 6.70. The van der Waals surface area contributed by atoms with Gasteiger partial charge in [0, 0.05) is 19.2 Å². The topological polar surface area (TPSA) is 21.3 Å². The molecule has 0 spiro atoms. The number of benzene rings is 1. The average Bonchev–Trinajstić information content (AvgIpc) is 2.38. The summed E-state index contributed by atoms with van der Waals surface area (Å²) in [5.74, 6) is 0. The number of methoxy groups -OCH3 is 1. The average molecular weight is 277 g/mol. The first-order chi connectivity index (χ1) is 9.38. The monoisotopic (exact) mass is 277 g/mol. The van der Waals surface area contributed by atoms with Crippen LogP contribution in [0, 0.1) is 0 Å². The fourth-order valence-electron chi connectivity index (χ4n) is 2.49. The van der Waals surface area contributed by atoms with Crippen LogP contribution in [-0.2, 0) is 10.2 Å². The smallest absolute Gasteiger partial charge is 0.0616 e. The molecule has 0 aliphatic heterocycles. The molecule has 0 fully saturated rings. The Labute approximate surface area is 124 Å². The Bertz CT molecular complexity index is 371. The van der Waals surface area contributed by atoms with Gasteiger partial charge in [-0.1, -0.05) is 58.4 Å². The molecule has 2 atom stereocenters. The van der Waals surface area contributed by atoms with Gasteiger partial charge in [-0.15, -0.1) is 0 Å². The molecule has 2 unspecified atom stereocenters. The van der Waals surface area contributed by atoms with Gasteiger partial charge in [0.05, 0.1) is 6.61 Å². The molecule has 0 saturated carbocycles. The number of nitrogens with one attached hydrogen (secondary N) is 1. The van der Waals surface area contributed by atoms with Crippen molar-refractivity contribution in [2.45, 2.75) is 65.0 Å². The second-order valence-electron chi connectivity index (χ2n) is 6.70. The Kier molecular flexibility index (Phi) is 6.70. The van der Waals surface area contributed by atoms with Gasteiger partial charge in [-0.3, -0.25) is 0 Å². The Morgan fingerprint density at radius 1 is 1.15 bits per heavy atom. The largest absolute Gasteiger partial charge is 0.383 e. The highest BCUT2D eigenvalue weighted by Crippen LogP contribution is 2.24. The molecule has 20 heavy (non-hydrogen) atoms. The van der Waals surface area contributed by atoms with Gasteiger partial charge in [-0.05, 0) is 29.9 Å². The molecule has 2 nitrogen and oxygen atoms in total. The van der Waals surface area contributed by atoms with Crippen molar-refractivity contribution >= 4 is 0 Å². The maximum absolute atomic E-state index is 5.29. The van der Waals surface area contributed by atoms with Crippen LogP contribution < -0.4 is 5.32 Å². The van der Waals surface area contributed by atoms with Crippen LogP contribution >= 0.6 is 0 Å². The maximum Gasteiger partial charge on any atom is 0.0616 e. The lowest BCUT2D eigenvalue weighted by Crippen LogP contribution is -2.35. The minimum Gasteiger partial charge on any atom is -0.383 e. The zero-order valence-electron chi connectivity index (χ0n) is 14.0. The molecule has 0 aromatic heterocycles. The summed E-state index contributed by atoms with van der Waals surface area (Å²) in [4.78, 5) is 0. The molecule has 2 heteroatoms. The van der Waals surface area contributed by atoms with Crippen molar-refractivity contribution in [3.63, 3.8) is 0 Å². The van der Waals surface area contributed by atoms with Gasteiger partial charge in [-0.25, -0.2) is 0 Å². The molecule has 0 aliphatic carbocycles. The first-order valence-corrected chi connectivity index (χ1v) is 7.74. The van der Waals surface area contributed by atoms with Crippen LogP contribution in [0.1, 0.15) is 64.6 Å². The molecule has 1 rings (SSSR count). The van der Waals surface area contributed by atoms with E-state index in [4.69, 9.17) is 4.74 Å². The molecule has 1 N–H and O–H groups in total. The summed E-state index contributed by atoms with van der Waals surface area (Å²) in [7, 11) is 1.77. The van der Waals surface area contributed by atoms with Crippen LogP contribution in [0.15, 0.2) is 24.3 Å². The fraction of sp³-hybridized carbons (Fsp3) is 0.667. The SMILES string of the molecule is CCCC(COC)NC(C)c1ccc(C(C)(C)C)cc1. The number of ether oxygens (including phenoxy) is 1. The van der Waals surface area contributed by atoms with Gasteiger partial charge >= 0.3 is 0 Å². The van der Waals surface area contributed by atoms with E-state index < -0.39 is 0 Å². The highest BCUT2D eigenvalue weighted by atomic mass is 16.5. The van der Waals surface area contributed by atoms with Crippen molar-refractivity contribution in [1.29, 1.82) is 0 Å². The minimum absolute atomic E-state index is 0.218. The minimum atomic E-state index is 0.218. The third kappa shape index (κ3) is 5.26. The summed E-state index contributed by atoms with van der Waals surface area (Å²) >= 11 is 0. The molecule has 0 heterocycles. The molecule has 1 aromatic rings. The normalized spacial score (nSPS) is 15.1. The van der Waals surface area contributed by atoms with E-state index in [2.05, 4.69) is 64.2 Å². The molecule has 1 aromatic carbocycles. The second kappa shape index (κ2) is 7.80. The highest BCUT2D eigenvalue weighted by Gasteiger charge is 2.15. The van der Waals surface area contributed by atoms with E-state index in [1.807, 2.05) is 0 Å². The quantitative estimate of drug-likeness (QED) is 0.795. The highest BCUT2D eigenvalue weighted by molar-refractivity contribution is 5.29. The maximum atomic E-state index is 5.29. The summed E-state index contributed by atoms with van der Waals surface area (Å²) in [6.45, 7) is 12.0. The first kappa shape index (κ1) is 17.2. The lowest BCUT2D eigenvalue weighted by Gasteiger charge is -2.24. The molecule has 0 saturated heterocycles. The summed E-state index contributed by atoms with van der Waals surface area (Å²) in [5, 5.41) is 3.67. The zero-order chi connectivity index (χ0) is 15.2. The van der Waals surface area contributed by atoms with E-state index in [9.17, 15) is 0 Å². The van der Waals surface area contributed by atoms with Crippen LogP contribution in [0.4, 0.5) is 0 Å². The van der Waals surface area contributed by atoms with Crippen LogP contribution in [0.3, 0.4) is 0 Å². The van der Waals surface area contributed by atoms with Crippen molar-refractivity contribution in [3.8, 4) is 0 Å². The lowest BCUT2D eigenvalue weighted by atomic mass is 9.86. The summed E-state index contributed by atoms with van der Waals surface area (Å²) in [5.41, 5.74) is 2.95. The summed E-state index contributed by atoms with van der Waals surface area (Å²) in [6.07, 6.45) is 2.33. The Balaban J connectivity index is 2.69. The summed E-state index contributed by atoms with van der Waals surface area (Å²) < 4.78 is 5.29. The molecular weight excluding hydrogens is 246 g/mol. The Morgan fingerprint density at radius 2 is 1.75 bits per heavy atom. The van der Waals surface area contributed by atoms with E-state index in [1.165, 1.54) is 17.5 Å². The Morgan fingerprint density at radius 3 is 2.20 bits per heavy atom. The van der Waals surface area contributed by atoms with E-state index >= 15 is 0 Å². The van der Waals surface area contributed by atoms with Crippen LogP contribution in [0.2, 0.25) is 0 Å². The number of rotatable bonds is 7. The van der Waals surface area contributed by atoms with Gasteiger partial charge in [0.15, 0.2) is 0 Å². The van der Waals surface area contributed by atoms with Crippen molar-refractivity contribution in [2.75, 3.05) is 13.7 Å². The third-order valence-electron chi connectivity index (χ3n) is 3.77. The fourth-order valence-corrected chi connectivity index (χ4v) is 2.49. The molecule has 0 bridgehead atoms. The van der Waals surface area contributed by atoms with Crippen molar-refractivity contribution in [3.05, 3.63) is 35.4 Å². The third-order valence-corrected chi connectivity index (χ3v) is 3.77. The predicted octanol–water partition coefficient (Wildman–Crippen LogP) is 4.45. The molecule has 114 valence electrons.